The van der Waals surface area contributed by atoms with Gasteiger partial charge in [-0.15, -0.1) is 0 Å². The number of nitrogens with zero attached hydrogens (tertiary/aromatic N) is 2. The average Bonchev–Trinajstić information content (AvgIpc) is 3.10. The van der Waals surface area contributed by atoms with E-state index >= 15 is 0 Å². The van der Waals surface area contributed by atoms with Crippen LogP contribution in [0.2, 0.25) is 0 Å². The number of hydrogen-bond acceptors (Lipinski definition) is 5. The van der Waals surface area contributed by atoms with Crippen molar-refractivity contribution < 1.29 is 13.9 Å². The van der Waals surface area contributed by atoms with Gasteiger partial charge in [0.15, 0.2) is 5.43 Å². The average molecular weight is 447 g/mol. The Bertz CT molecular complexity index is 1230. The molecule has 33 heavy (non-hydrogen) atoms. The van der Waals surface area contributed by atoms with Crippen LogP contribution < -0.4 is 5.43 Å². The normalized spacial score (nSPS) is 19.3. The smallest absolute Gasteiger partial charge is 0.290 e. The van der Waals surface area contributed by atoms with Gasteiger partial charge in [0.2, 0.25) is 5.76 Å². The predicted molar refractivity (Wildman–Crippen MR) is 128 cm³/mol. The Morgan fingerprint density at radius 1 is 0.939 bits per heavy atom. The van der Waals surface area contributed by atoms with Crippen molar-refractivity contribution in [2.75, 3.05) is 39.4 Å². The molecule has 0 radical (unpaired) electrons. The highest BCUT2D eigenvalue weighted by Crippen LogP contribution is 2.38. The van der Waals surface area contributed by atoms with Crippen LogP contribution in [-0.4, -0.2) is 55.1 Å². The first kappa shape index (κ1) is 21.9. The minimum Gasteiger partial charge on any atom is -0.450 e. The van der Waals surface area contributed by atoms with Gasteiger partial charge in [-0.3, -0.25) is 14.5 Å². The summed E-state index contributed by atoms with van der Waals surface area (Å²) < 4.78 is 11.5. The van der Waals surface area contributed by atoms with E-state index in [9.17, 15) is 9.59 Å². The summed E-state index contributed by atoms with van der Waals surface area (Å²) in [5.74, 6) is -0.0448. The zero-order valence-electron chi connectivity index (χ0n) is 19.5. The summed E-state index contributed by atoms with van der Waals surface area (Å²) in [7, 11) is 0. The van der Waals surface area contributed by atoms with Gasteiger partial charge in [0, 0.05) is 26.2 Å². The molecule has 1 amide bonds. The van der Waals surface area contributed by atoms with Crippen molar-refractivity contribution in [3.05, 3.63) is 81.2 Å². The first-order valence-corrected chi connectivity index (χ1v) is 11.6. The van der Waals surface area contributed by atoms with Crippen molar-refractivity contribution in [3.8, 4) is 0 Å². The highest BCUT2D eigenvalue weighted by atomic mass is 16.5. The van der Waals surface area contributed by atoms with Crippen LogP contribution in [0.5, 0.6) is 0 Å². The first-order chi connectivity index (χ1) is 15.8. The van der Waals surface area contributed by atoms with Crippen molar-refractivity contribution in [3.63, 3.8) is 0 Å². The number of benzene rings is 2. The van der Waals surface area contributed by atoms with Crippen molar-refractivity contribution in [2.45, 2.75) is 32.2 Å². The Labute approximate surface area is 193 Å². The Morgan fingerprint density at radius 3 is 2.33 bits per heavy atom. The second kappa shape index (κ2) is 8.43. The van der Waals surface area contributed by atoms with Crippen molar-refractivity contribution >= 4 is 16.9 Å². The Morgan fingerprint density at radius 2 is 1.64 bits per heavy atom. The lowest BCUT2D eigenvalue weighted by Gasteiger charge is -2.31. The van der Waals surface area contributed by atoms with Crippen LogP contribution in [0.1, 0.15) is 54.1 Å². The minimum atomic E-state index is -0.455. The van der Waals surface area contributed by atoms with Gasteiger partial charge in [-0.2, -0.15) is 0 Å². The maximum Gasteiger partial charge on any atom is 0.290 e. The second-order valence-electron chi connectivity index (χ2n) is 9.90. The quantitative estimate of drug-likeness (QED) is 0.607. The third-order valence-electron chi connectivity index (χ3n) is 6.73. The SMILES string of the molecule is CC(C)(C)c1ccc([C@H]2c3c(oc4ccccc4c3=O)C(=O)N2CCN2CCOCC2)cc1. The molecule has 2 aromatic carbocycles. The van der Waals surface area contributed by atoms with E-state index in [0.717, 1.165) is 25.2 Å². The standard InChI is InChI=1S/C27H30N2O4/c1-27(2,3)19-10-8-18(9-11-19)23-22-24(30)20-6-4-5-7-21(20)33-25(22)26(31)29(23)13-12-28-14-16-32-17-15-28/h4-11,23H,12-17H2,1-3H3/t23-/m0/s1. The molecule has 1 saturated heterocycles. The predicted octanol–water partition coefficient (Wildman–Crippen LogP) is 3.97. The molecule has 6 nitrogen and oxygen atoms in total. The Balaban J connectivity index is 1.58. The zero-order valence-corrected chi connectivity index (χ0v) is 19.5. The van der Waals surface area contributed by atoms with Gasteiger partial charge in [0.05, 0.1) is 30.2 Å². The fraction of sp³-hybridized carbons (Fsp3) is 0.407. The minimum absolute atomic E-state index is 0.0210. The fourth-order valence-electron chi connectivity index (χ4n) is 4.78. The topological polar surface area (TPSA) is 63.0 Å². The molecule has 2 aliphatic heterocycles. The number of rotatable bonds is 4. The molecule has 172 valence electrons. The van der Waals surface area contributed by atoms with E-state index in [1.165, 1.54) is 5.56 Å². The molecule has 1 atom stereocenters. The van der Waals surface area contributed by atoms with Crippen LogP contribution in [0.25, 0.3) is 11.0 Å². The molecule has 0 spiro atoms. The third-order valence-corrected chi connectivity index (χ3v) is 6.73. The molecule has 2 aliphatic rings. The van der Waals surface area contributed by atoms with Crippen LogP contribution in [0.3, 0.4) is 0 Å². The molecule has 0 bridgehead atoms. The number of para-hydroxylation sites is 1. The number of hydrogen-bond donors (Lipinski definition) is 0. The number of carbonyl (C=O) groups is 1. The van der Waals surface area contributed by atoms with Gasteiger partial charge < -0.3 is 14.1 Å². The summed E-state index contributed by atoms with van der Waals surface area (Å²) in [6, 6.07) is 15.0. The van der Waals surface area contributed by atoms with Crippen LogP contribution in [0.15, 0.2) is 57.7 Å². The van der Waals surface area contributed by atoms with Gasteiger partial charge in [-0.05, 0) is 28.7 Å². The molecule has 0 saturated carbocycles. The Hall–Kier alpha value is -2.96. The molecule has 0 aliphatic carbocycles. The van der Waals surface area contributed by atoms with E-state index < -0.39 is 6.04 Å². The summed E-state index contributed by atoms with van der Waals surface area (Å²) in [6.07, 6.45) is 0. The van der Waals surface area contributed by atoms with E-state index in [2.05, 4.69) is 37.8 Å². The third kappa shape index (κ3) is 3.98. The fourth-order valence-corrected chi connectivity index (χ4v) is 4.78. The van der Waals surface area contributed by atoms with E-state index in [1.807, 2.05) is 24.3 Å². The first-order valence-electron chi connectivity index (χ1n) is 11.6. The summed E-state index contributed by atoms with van der Waals surface area (Å²) in [5.41, 5.74) is 2.93. The van der Waals surface area contributed by atoms with Crippen LogP contribution in [0, 0.1) is 0 Å². The molecule has 1 aromatic heterocycles. The molecule has 0 unspecified atom stereocenters. The van der Waals surface area contributed by atoms with Gasteiger partial charge in [0.25, 0.3) is 5.91 Å². The zero-order chi connectivity index (χ0) is 23.2. The Kier molecular flexibility index (Phi) is 5.59. The van der Waals surface area contributed by atoms with E-state index in [1.54, 1.807) is 17.0 Å². The van der Waals surface area contributed by atoms with Gasteiger partial charge in [0.1, 0.15) is 5.58 Å². The van der Waals surface area contributed by atoms with Crippen LogP contribution in [-0.2, 0) is 10.2 Å². The van der Waals surface area contributed by atoms with E-state index in [4.69, 9.17) is 9.15 Å². The summed E-state index contributed by atoms with van der Waals surface area (Å²) in [4.78, 5) is 31.2. The number of carbonyl (C=O) groups excluding carboxylic acids is 1. The number of ether oxygens (including phenoxy) is 1. The van der Waals surface area contributed by atoms with E-state index in [-0.39, 0.29) is 22.5 Å². The monoisotopic (exact) mass is 446 g/mol. The van der Waals surface area contributed by atoms with Crippen molar-refractivity contribution in [1.29, 1.82) is 0 Å². The lowest BCUT2D eigenvalue weighted by atomic mass is 9.86. The maximum atomic E-state index is 13.6. The van der Waals surface area contributed by atoms with Gasteiger partial charge in [-0.1, -0.05) is 57.2 Å². The van der Waals surface area contributed by atoms with Crippen molar-refractivity contribution in [1.82, 2.24) is 9.80 Å². The molecule has 5 rings (SSSR count). The van der Waals surface area contributed by atoms with E-state index in [0.29, 0.717) is 36.3 Å². The van der Waals surface area contributed by atoms with Crippen molar-refractivity contribution in [2.24, 2.45) is 0 Å². The maximum absolute atomic E-state index is 13.6. The summed E-state index contributed by atoms with van der Waals surface area (Å²) in [6.45, 7) is 10.9. The highest BCUT2D eigenvalue weighted by molar-refractivity contribution is 5.99. The number of fused-ring (bicyclic) bond motifs is 2. The molecule has 3 heterocycles. The molecule has 0 N–H and O–H groups in total. The molecular formula is C27H30N2O4. The lowest BCUT2D eigenvalue weighted by molar-refractivity contribution is 0.0314. The van der Waals surface area contributed by atoms with Crippen LogP contribution >= 0.6 is 0 Å². The summed E-state index contributed by atoms with van der Waals surface area (Å²) in [5, 5.41) is 0.510. The number of amides is 1. The number of morpholine rings is 1. The molecule has 1 fully saturated rings. The second-order valence-corrected chi connectivity index (χ2v) is 9.90. The highest BCUT2D eigenvalue weighted by Gasteiger charge is 2.42. The van der Waals surface area contributed by atoms with Gasteiger partial charge in [-0.25, -0.2) is 0 Å². The molecular weight excluding hydrogens is 416 g/mol. The summed E-state index contributed by atoms with van der Waals surface area (Å²) >= 11 is 0. The molecule has 3 aromatic rings. The lowest BCUT2D eigenvalue weighted by Crippen LogP contribution is -2.42. The molecule has 6 heteroatoms. The largest absolute Gasteiger partial charge is 0.450 e. The van der Waals surface area contributed by atoms with Gasteiger partial charge >= 0.3 is 0 Å². The van der Waals surface area contributed by atoms with Crippen LogP contribution in [0.4, 0.5) is 0 Å².